The fourth-order valence-electron chi connectivity index (χ4n) is 4.70. The summed E-state index contributed by atoms with van der Waals surface area (Å²) in [5.74, 6) is -0.651. The summed E-state index contributed by atoms with van der Waals surface area (Å²) in [6.07, 6.45) is 10.6. The molecule has 43 heavy (non-hydrogen) atoms. The molecule has 0 saturated carbocycles. The number of nitrogens with one attached hydrogen (secondary N) is 2. The molecule has 0 radical (unpaired) electrons. The number of halogens is 1. The number of ether oxygens (including phenoxy) is 1. The van der Waals surface area contributed by atoms with E-state index in [4.69, 9.17) is 4.74 Å². The quantitative estimate of drug-likeness (QED) is 0.187. The van der Waals surface area contributed by atoms with Crippen LogP contribution in [0.4, 0.5) is 11.4 Å². The van der Waals surface area contributed by atoms with Gasteiger partial charge in [0.25, 0.3) is 0 Å². The van der Waals surface area contributed by atoms with Crippen LogP contribution in [0.5, 0.6) is 0 Å². The van der Waals surface area contributed by atoms with Crippen molar-refractivity contribution in [2.75, 3.05) is 4.43 Å². The van der Waals surface area contributed by atoms with Crippen molar-refractivity contribution >= 4 is 23.2 Å². The molecule has 1 aliphatic heterocycles. The molecular formula is C32H34IN4O6-. The number of fused-ring (bicyclic) bond motifs is 1. The SMILES string of the molecule is Cc1c(C(=O)N[C@@H](C[I-]C2=CC3C=COC=C3C=C2)[C@H](O)Cc2ccccc2C(=O)NC(C)(C)C)ccc(N=O)c1N=O. The molecule has 0 aromatic heterocycles. The normalized spacial score (nSPS) is 17.1. The minimum absolute atomic E-state index is 0.112. The van der Waals surface area contributed by atoms with Crippen molar-refractivity contribution in [1.82, 2.24) is 10.6 Å². The van der Waals surface area contributed by atoms with Gasteiger partial charge in [-0.05, 0) is 0 Å². The van der Waals surface area contributed by atoms with E-state index in [1.54, 1.807) is 36.8 Å². The van der Waals surface area contributed by atoms with Crippen LogP contribution in [0, 0.1) is 22.7 Å². The van der Waals surface area contributed by atoms with Crippen LogP contribution in [0.15, 0.2) is 92.7 Å². The maximum absolute atomic E-state index is 13.5. The van der Waals surface area contributed by atoms with Crippen molar-refractivity contribution in [3.05, 3.63) is 114 Å². The van der Waals surface area contributed by atoms with Crippen molar-refractivity contribution < 1.29 is 40.6 Å². The molecule has 226 valence electrons. The summed E-state index contributed by atoms with van der Waals surface area (Å²) in [4.78, 5) is 49.0. The number of nitrogens with zero attached hydrogens (tertiary/aromatic N) is 2. The van der Waals surface area contributed by atoms with Gasteiger partial charge in [-0.3, -0.25) is 0 Å². The minimum atomic E-state index is -1.03. The predicted octanol–water partition coefficient (Wildman–Crippen LogP) is 2.61. The number of benzene rings is 2. The number of carbonyl (C=O) groups excluding carboxylic acids is 2. The van der Waals surface area contributed by atoms with Gasteiger partial charge in [-0.25, -0.2) is 0 Å². The van der Waals surface area contributed by atoms with E-state index in [1.165, 1.54) is 19.1 Å². The predicted molar refractivity (Wildman–Crippen MR) is 161 cm³/mol. The molecule has 0 bridgehead atoms. The van der Waals surface area contributed by atoms with Crippen LogP contribution in [-0.2, 0) is 11.2 Å². The molecule has 1 unspecified atom stereocenters. The second-order valence-corrected chi connectivity index (χ2v) is 14.2. The molecule has 3 N–H and O–H groups in total. The zero-order valence-corrected chi connectivity index (χ0v) is 26.5. The number of allylic oxidation sites excluding steroid dienone is 6. The summed E-state index contributed by atoms with van der Waals surface area (Å²) >= 11 is -0.654. The van der Waals surface area contributed by atoms with Crippen LogP contribution < -0.4 is 31.8 Å². The summed E-state index contributed by atoms with van der Waals surface area (Å²) in [5, 5.41) is 23.2. The number of hydrogen-bond acceptors (Lipinski definition) is 8. The number of alkyl halides is 1. The molecule has 0 fully saturated rings. The van der Waals surface area contributed by atoms with Gasteiger partial charge in [-0.15, -0.1) is 0 Å². The number of nitroso groups, excluding NO2 is 2. The molecule has 2 aliphatic rings. The molecule has 10 nitrogen and oxygen atoms in total. The number of rotatable bonds is 11. The van der Waals surface area contributed by atoms with E-state index < -0.39 is 44.8 Å². The first-order valence-electron chi connectivity index (χ1n) is 13.7. The second kappa shape index (κ2) is 14.0. The maximum atomic E-state index is 13.5. The molecule has 4 rings (SSSR count). The van der Waals surface area contributed by atoms with Crippen LogP contribution in [-0.4, -0.2) is 39.0 Å². The van der Waals surface area contributed by atoms with Crippen molar-refractivity contribution in [3.63, 3.8) is 0 Å². The Kier molecular flexibility index (Phi) is 10.4. The Labute approximate surface area is 260 Å². The van der Waals surface area contributed by atoms with Gasteiger partial charge in [0.05, 0.1) is 0 Å². The fourth-order valence-corrected chi connectivity index (χ4v) is 7.57. The Hall–Kier alpha value is -3.97. The molecule has 2 amide bonds. The standard InChI is InChI=1S/C32H34IN4O6/c1-19-24(11-12-26(36-41)29(19)37-42)30(39)34-27(17-33-23-10-9-22-18-43-14-13-20(22)15-23)28(38)16-21-7-5-6-8-25(21)31(40)35-32(2,3)4/h5-15,18,20,27-28,38H,16-17H2,1-4H3,(H,34,39)(H,35,40)/q-1/t20?,27-,28+/m0/s1. The molecule has 3 atom stereocenters. The summed E-state index contributed by atoms with van der Waals surface area (Å²) in [6, 6.07) is 9.10. The number of aliphatic hydroxyl groups is 1. The van der Waals surface area contributed by atoms with E-state index in [0.29, 0.717) is 15.6 Å². The zero-order chi connectivity index (χ0) is 31.1. The molecule has 1 aliphatic carbocycles. The third kappa shape index (κ3) is 8.11. The molecule has 11 heteroatoms. The van der Waals surface area contributed by atoms with Gasteiger partial charge in [-0.1, -0.05) is 0 Å². The third-order valence-corrected chi connectivity index (χ3v) is 9.92. The van der Waals surface area contributed by atoms with Gasteiger partial charge in [-0.2, -0.15) is 0 Å². The Morgan fingerprint density at radius 1 is 1.05 bits per heavy atom. The Balaban J connectivity index is 1.59. The van der Waals surface area contributed by atoms with Gasteiger partial charge in [0.1, 0.15) is 0 Å². The zero-order valence-electron chi connectivity index (χ0n) is 24.3. The topological polar surface area (TPSA) is 147 Å². The summed E-state index contributed by atoms with van der Waals surface area (Å²) in [5.41, 5.74) is 1.74. The van der Waals surface area contributed by atoms with E-state index in [2.05, 4.69) is 27.1 Å². The molecule has 0 saturated heterocycles. The monoisotopic (exact) mass is 697 g/mol. The Morgan fingerprint density at radius 3 is 2.53 bits per heavy atom. The van der Waals surface area contributed by atoms with Crippen LogP contribution in [0.1, 0.15) is 52.6 Å². The first-order valence-corrected chi connectivity index (χ1v) is 16.3. The van der Waals surface area contributed by atoms with Crippen molar-refractivity contribution in [2.45, 2.75) is 51.8 Å². The summed E-state index contributed by atoms with van der Waals surface area (Å²) in [7, 11) is 0. The third-order valence-electron chi connectivity index (χ3n) is 6.93. The van der Waals surface area contributed by atoms with Crippen LogP contribution in [0.25, 0.3) is 0 Å². The van der Waals surface area contributed by atoms with Gasteiger partial charge in [0.2, 0.25) is 0 Å². The van der Waals surface area contributed by atoms with Crippen molar-refractivity contribution in [2.24, 2.45) is 16.3 Å². The average molecular weight is 698 g/mol. The number of amides is 2. The van der Waals surface area contributed by atoms with Gasteiger partial charge >= 0.3 is 261 Å². The number of hydrogen-bond donors (Lipinski definition) is 3. The molecular weight excluding hydrogens is 663 g/mol. The Bertz CT molecular complexity index is 1540. The van der Waals surface area contributed by atoms with Gasteiger partial charge in [0, 0.05) is 0 Å². The molecule has 1 heterocycles. The molecule has 2 aromatic carbocycles. The van der Waals surface area contributed by atoms with E-state index in [1.807, 2.05) is 39.0 Å². The number of aliphatic hydroxyl groups excluding tert-OH is 1. The van der Waals surface area contributed by atoms with E-state index in [-0.39, 0.29) is 40.7 Å². The second-order valence-electron chi connectivity index (χ2n) is 11.3. The summed E-state index contributed by atoms with van der Waals surface area (Å²) in [6.45, 7) is 7.21. The molecule has 2 aromatic rings. The fraction of sp³-hybridized carbons (Fsp3) is 0.312. The summed E-state index contributed by atoms with van der Waals surface area (Å²) < 4.78 is 6.91. The number of carbonyl (C=O) groups is 2. The van der Waals surface area contributed by atoms with Crippen molar-refractivity contribution in [1.29, 1.82) is 0 Å². The van der Waals surface area contributed by atoms with E-state index in [0.717, 1.165) is 9.15 Å². The van der Waals surface area contributed by atoms with E-state index >= 15 is 0 Å². The molecule has 0 spiro atoms. The van der Waals surface area contributed by atoms with Crippen LogP contribution >= 0.6 is 0 Å². The first-order chi connectivity index (χ1) is 20.5. The van der Waals surface area contributed by atoms with Gasteiger partial charge in [0.15, 0.2) is 0 Å². The van der Waals surface area contributed by atoms with Crippen molar-refractivity contribution in [3.8, 4) is 0 Å². The van der Waals surface area contributed by atoms with E-state index in [9.17, 15) is 24.5 Å². The Morgan fingerprint density at radius 2 is 1.81 bits per heavy atom. The van der Waals surface area contributed by atoms with Crippen LogP contribution in [0.2, 0.25) is 0 Å². The first kappa shape index (κ1) is 32.0. The van der Waals surface area contributed by atoms with Crippen LogP contribution in [0.3, 0.4) is 0 Å². The van der Waals surface area contributed by atoms with Gasteiger partial charge < -0.3 is 0 Å². The average Bonchev–Trinajstić information content (AvgIpc) is 2.98.